The summed E-state index contributed by atoms with van der Waals surface area (Å²) in [6.45, 7) is 3.07. The maximum atomic E-state index is 12.1. The van der Waals surface area contributed by atoms with Gasteiger partial charge in [0, 0.05) is 0 Å². The summed E-state index contributed by atoms with van der Waals surface area (Å²) in [6.07, 6.45) is 0. The SMILES string of the molecule is CCOC(=O)COC(=O)C(C)c1ccc2cc(OCC(=O)OC)ccc2c1. The summed E-state index contributed by atoms with van der Waals surface area (Å²) < 4.78 is 19.6. The lowest BCUT2D eigenvalue weighted by molar-refractivity contribution is -0.159. The van der Waals surface area contributed by atoms with E-state index in [4.69, 9.17) is 14.2 Å². The van der Waals surface area contributed by atoms with Crippen LogP contribution in [0.5, 0.6) is 5.75 Å². The minimum Gasteiger partial charge on any atom is -0.482 e. The van der Waals surface area contributed by atoms with Crippen LogP contribution in [0.3, 0.4) is 0 Å². The third-order valence-corrected chi connectivity index (χ3v) is 3.91. The molecular formula is C20H22O7. The van der Waals surface area contributed by atoms with Crippen molar-refractivity contribution in [1.82, 2.24) is 0 Å². The smallest absolute Gasteiger partial charge is 0.344 e. The van der Waals surface area contributed by atoms with Gasteiger partial charge in [-0.25, -0.2) is 9.59 Å². The molecule has 7 nitrogen and oxygen atoms in total. The topological polar surface area (TPSA) is 88.1 Å². The predicted octanol–water partition coefficient (Wildman–Crippen LogP) is 2.60. The minimum absolute atomic E-state index is 0.163. The predicted molar refractivity (Wildman–Crippen MR) is 97.5 cm³/mol. The van der Waals surface area contributed by atoms with Gasteiger partial charge in [0.25, 0.3) is 0 Å². The van der Waals surface area contributed by atoms with E-state index in [-0.39, 0.29) is 13.2 Å². The first-order chi connectivity index (χ1) is 12.9. The van der Waals surface area contributed by atoms with Gasteiger partial charge in [-0.15, -0.1) is 0 Å². The lowest BCUT2D eigenvalue weighted by atomic mass is 9.98. The number of esters is 3. The molecule has 0 aliphatic heterocycles. The summed E-state index contributed by atoms with van der Waals surface area (Å²) in [5.41, 5.74) is 0.764. The van der Waals surface area contributed by atoms with Crippen molar-refractivity contribution >= 4 is 28.7 Å². The van der Waals surface area contributed by atoms with Crippen LogP contribution in [0.15, 0.2) is 36.4 Å². The van der Waals surface area contributed by atoms with E-state index in [0.29, 0.717) is 5.75 Å². The van der Waals surface area contributed by atoms with Gasteiger partial charge in [0.2, 0.25) is 0 Å². The first kappa shape index (κ1) is 20.2. The van der Waals surface area contributed by atoms with Gasteiger partial charge in [-0.3, -0.25) is 4.79 Å². The van der Waals surface area contributed by atoms with Gasteiger partial charge in [0.15, 0.2) is 13.2 Å². The Kier molecular flexibility index (Phi) is 7.16. The second kappa shape index (κ2) is 9.56. The average Bonchev–Trinajstić information content (AvgIpc) is 2.69. The molecule has 0 spiro atoms. The van der Waals surface area contributed by atoms with Gasteiger partial charge in [-0.05, 0) is 42.3 Å². The highest BCUT2D eigenvalue weighted by atomic mass is 16.6. The number of hydrogen-bond acceptors (Lipinski definition) is 7. The fourth-order valence-corrected chi connectivity index (χ4v) is 2.40. The lowest BCUT2D eigenvalue weighted by Gasteiger charge is -2.13. The Morgan fingerprint density at radius 2 is 1.63 bits per heavy atom. The van der Waals surface area contributed by atoms with Crippen molar-refractivity contribution in [3.05, 3.63) is 42.0 Å². The van der Waals surface area contributed by atoms with Crippen molar-refractivity contribution in [2.24, 2.45) is 0 Å². The van der Waals surface area contributed by atoms with Crippen molar-refractivity contribution in [3.8, 4) is 5.75 Å². The molecule has 0 aliphatic rings. The molecule has 0 fully saturated rings. The van der Waals surface area contributed by atoms with E-state index >= 15 is 0 Å². The van der Waals surface area contributed by atoms with Gasteiger partial charge >= 0.3 is 17.9 Å². The van der Waals surface area contributed by atoms with Gasteiger partial charge < -0.3 is 18.9 Å². The second-order valence-electron chi connectivity index (χ2n) is 5.77. The quantitative estimate of drug-likeness (QED) is 0.518. The monoisotopic (exact) mass is 374 g/mol. The number of hydrogen-bond donors (Lipinski definition) is 0. The van der Waals surface area contributed by atoms with Crippen LogP contribution in [0.2, 0.25) is 0 Å². The summed E-state index contributed by atoms with van der Waals surface area (Å²) in [7, 11) is 1.30. The molecule has 0 radical (unpaired) electrons. The molecule has 144 valence electrons. The zero-order valence-corrected chi connectivity index (χ0v) is 15.5. The van der Waals surface area contributed by atoms with Crippen molar-refractivity contribution < 1.29 is 33.3 Å². The van der Waals surface area contributed by atoms with Crippen molar-refractivity contribution in [3.63, 3.8) is 0 Å². The lowest BCUT2D eigenvalue weighted by Crippen LogP contribution is -2.19. The summed E-state index contributed by atoms with van der Waals surface area (Å²) >= 11 is 0. The van der Waals surface area contributed by atoms with Crippen LogP contribution in [0, 0.1) is 0 Å². The number of methoxy groups -OCH3 is 1. The molecule has 27 heavy (non-hydrogen) atoms. The Morgan fingerprint density at radius 1 is 0.926 bits per heavy atom. The Hall–Kier alpha value is -3.09. The van der Waals surface area contributed by atoms with E-state index in [9.17, 15) is 14.4 Å². The van der Waals surface area contributed by atoms with Crippen LogP contribution >= 0.6 is 0 Å². The zero-order chi connectivity index (χ0) is 19.8. The summed E-state index contributed by atoms with van der Waals surface area (Å²) in [4.78, 5) is 34.6. The van der Waals surface area contributed by atoms with Crippen molar-refractivity contribution in [2.75, 3.05) is 26.9 Å². The highest BCUT2D eigenvalue weighted by molar-refractivity contribution is 5.87. The Balaban J connectivity index is 2.05. The Labute approximate surface area is 157 Å². The molecule has 0 saturated heterocycles. The van der Waals surface area contributed by atoms with Crippen LogP contribution in [-0.4, -0.2) is 44.8 Å². The summed E-state index contributed by atoms with van der Waals surface area (Å²) in [5.74, 6) is -1.52. The standard InChI is InChI=1S/C20H22O7/c1-4-25-19(22)12-27-20(23)13(2)14-5-6-16-10-17(8-7-15(16)9-14)26-11-18(21)24-3/h5-10,13H,4,11-12H2,1-3H3. The molecule has 0 aromatic heterocycles. The van der Waals surface area contributed by atoms with Crippen LogP contribution in [0.1, 0.15) is 25.3 Å². The molecule has 7 heteroatoms. The van der Waals surface area contributed by atoms with E-state index in [1.807, 2.05) is 24.3 Å². The van der Waals surface area contributed by atoms with Gasteiger partial charge in [-0.2, -0.15) is 0 Å². The van der Waals surface area contributed by atoms with Crippen LogP contribution in [-0.2, 0) is 28.6 Å². The number of ether oxygens (including phenoxy) is 4. The number of carbonyl (C=O) groups excluding carboxylic acids is 3. The molecule has 2 aromatic carbocycles. The fourth-order valence-electron chi connectivity index (χ4n) is 2.40. The van der Waals surface area contributed by atoms with E-state index < -0.39 is 30.4 Å². The van der Waals surface area contributed by atoms with Gasteiger partial charge in [0.05, 0.1) is 19.6 Å². The largest absolute Gasteiger partial charge is 0.482 e. The molecular weight excluding hydrogens is 352 g/mol. The summed E-state index contributed by atoms with van der Waals surface area (Å²) in [6, 6.07) is 10.9. The first-order valence-electron chi connectivity index (χ1n) is 8.50. The van der Waals surface area contributed by atoms with E-state index in [1.165, 1.54) is 7.11 Å². The van der Waals surface area contributed by atoms with E-state index in [1.54, 1.807) is 26.0 Å². The molecule has 2 aromatic rings. The molecule has 0 heterocycles. The van der Waals surface area contributed by atoms with Crippen molar-refractivity contribution in [1.29, 1.82) is 0 Å². The molecule has 1 unspecified atom stereocenters. The third-order valence-electron chi connectivity index (χ3n) is 3.91. The van der Waals surface area contributed by atoms with E-state index in [0.717, 1.165) is 16.3 Å². The van der Waals surface area contributed by atoms with Crippen LogP contribution in [0.4, 0.5) is 0 Å². The molecule has 0 amide bonds. The summed E-state index contributed by atoms with van der Waals surface area (Å²) in [5, 5.41) is 1.80. The van der Waals surface area contributed by atoms with E-state index in [2.05, 4.69) is 4.74 Å². The van der Waals surface area contributed by atoms with Gasteiger partial charge in [-0.1, -0.05) is 24.3 Å². The maximum absolute atomic E-state index is 12.1. The number of carbonyl (C=O) groups is 3. The molecule has 2 rings (SSSR count). The zero-order valence-electron chi connectivity index (χ0n) is 15.5. The Bertz CT molecular complexity index is 828. The van der Waals surface area contributed by atoms with Crippen molar-refractivity contribution in [2.45, 2.75) is 19.8 Å². The second-order valence-corrected chi connectivity index (χ2v) is 5.77. The third kappa shape index (κ3) is 5.70. The Morgan fingerprint density at radius 3 is 2.33 bits per heavy atom. The normalized spacial score (nSPS) is 11.5. The molecule has 0 saturated carbocycles. The highest BCUT2D eigenvalue weighted by Crippen LogP contribution is 2.26. The number of benzene rings is 2. The first-order valence-corrected chi connectivity index (χ1v) is 8.50. The average molecular weight is 374 g/mol. The maximum Gasteiger partial charge on any atom is 0.344 e. The molecule has 0 bridgehead atoms. The fraction of sp³-hybridized carbons (Fsp3) is 0.350. The molecule has 0 N–H and O–H groups in total. The van der Waals surface area contributed by atoms with Crippen LogP contribution in [0.25, 0.3) is 10.8 Å². The minimum atomic E-state index is -0.573. The van der Waals surface area contributed by atoms with Gasteiger partial charge in [0.1, 0.15) is 5.75 Å². The number of fused-ring (bicyclic) bond motifs is 1. The highest BCUT2D eigenvalue weighted by Gasteiger charge is 2.18. The van der Waals surface area contributed by atoms with Crippen LogP contribution < -0.4 is 4.74 Å². The number of rotatable bonds is 8. The molecule has 0 aliphatic carbocycles. The molecule has 1 atom stereocenters.